The van der Waals surface area contributed by atoms with E-state index in [4.69, 9.17) is 15.1 Å². The minimum absolute atomic E-state index is 0.232. The Morgan fingerprint density at radius 3 is 2.45 bits per heavy atom. The molecule has 6 rings (SSSR count). The van der Waals surface area contributed by atoms with E-state index in [1.165, 1.54) is 12.1 Å². The molecular formula is C29H22FN7O. The highest BCUT2D eigenvalue weighted by atomic mass is 19.1. The van der Waals surface area contributed by atoms with E-state index in [1.54, 1.807) is 53.3 Å². The zero-order chi connectivity index (χ0) is 26.2. The van der Waals surface area contributed by atoms with Crippen LogP contribution < -0.4 is 5.32 Å². The number of anilines is 1. The molecule has 0 atom stereocenters. The number of benzene rings is 2. The van der Waals surface area contributed by atoms with Crippen LogP contribution in [0.25, 0.3) is 39.7 Å². The van der Waals surface area contributed by atoms with Crippen LogP contribution in [0.3, 0.4) is 0 Å². The van der Waals surface area contributed by atoms with E-state index in [-0.39, 0.29) is 11.7 Å². The first-order valence-corrected chi connectivity index (χ1v) is 12.0. The smallest absolute Gasteiger partial charge is 0.255 e. The average Bonchev–Trinajstić information content (AvgIpc) is 3.49. The minimum atomic E-state index is -0.303. The van der Waals surface area contributed by atoms with Crippen LogP contribution in [0, 0.1) is 12.7 Å². The van der Waals surface area contributed by atoms with Gasteiger partial charge >= 0.3 is 0 Å². The van der Waals surface area contributed by atoms with Gasteiger partial charge in [0.15, 0.2) is 5.65 Å². The van der Waals surface area contributed by atoms with E-state index < -0.39 is 0 Å². The van der Waals surface area contributed by atoms with Gasteiger partial charge < -0.3 is 9.88 Å². The predicted octanol–water partition coefficient (Wildman–Crippen LogP) is 5.56. The fourth-order valence-corrected chi connectivity index (χ4v) is 4.33. The third-order valence-electron chi connectivity index (χ3n) is 6.33. The topological polar surface area (TPSA) is 90.0 Å². The second kappa shape index (κ2) is 9.36. The zero-order valence-corrected chi connectivity index (χ0v) is 20.6. The third-order valence-corrected chi connectivity index (χ3v) is 6.33. The normalized spacial score (nSPS) is 11.1. The number of imidazole rings is 2. The number of hydrogen-bond donors (Lipinski definition) is 1. The van der Waals surface area contributed by atoms with E-state index in [0.717, 1.165) is 17.1 Å². The van der Waals surface area contributed by atoms with Gasteiger partial charge in [-0.3, -0.25) is 9.78 Å². The molecule has 0 bridgehead atoms. The fourth-order valence-electron chi connectivity index (χ4n) is 4.33. The molecule has 1 amide bonds. The van der Waals surface area contributed by atoms with Crippen molar-refractivity contribution < 1.29 is 9.18 Å². The molecule has 6 aromatic rings. The summed E-state index contributed by atoms with van der Waals surface area (Å²) in [6.07, 6.45) is 3.43. The van der Waals surface area contributed by atoms with E-state index >= 15 is 0 Å². The molecule has 1 N–H and O–H groups in total. The van der Waals surface area contributed by atoms with Crippen molar-refractivity contribution in [1.82, 2.24) is 29.1 Å². The number of nitrogens with zero attached hydrogens (tertiary/aromatic N) is 6. The SMILES string of the molecule is Cc1nc(-c2ccc(F)cc2)c(-c2ccc3nc(-c4ncccc4NC(=O)c4ccccc4)cn3n2)n1C. The van der Waals surface area contributed by atoms with Crippen LogP contribution >= 0.6 is 0 Å². The van der Waals surface area contributed by atoms with Gasteiger partial charge in [0.25, 0.3) is 5.91 Å². The largest absolute Gasteiger partial charge is 0.330 e. The van der Waals surface area contributed by atoms with Crippen LogP contribution in [0.5, 0.6) is 0 Å². The van der Waals surface area contributed by atoms with Crippen molar-refractivity contribution in [3.63, 3.8) is 0 Å². The molecular weight excluding hydrogens is 481 g/mol. The maximum absolute atomic E-state index is 13.5. The molecule has 0 unspecified atom stereocenters. The number of carbonyl (C=O) groups is 1. The second-order valence-electron chi connectivity index (χ2n) is 8.79. The summed E-state index contributed by atoms with van der Waals surface area (Å²) in [4.78, 5) is 26.7. The molecule has 0 fully saturated rings. The van der Waals surface area contributed by atoms with Crippen LogP contribution in [-0.2, 0) is 7.05 Å². The predicted molar refractivity (Wildman–Crippen MR) is 143 cm³/mol. The molecule has 0 spiro atoms. The summed E-state index contributed by atoms with van der Waals surface area (Å²) in [6.45, 7) is 1.91. The van der Waals surface area contributed by atoms with Crippen LogP contribution in [-0.4, -0.2) is 35.0 Å². The van der Waals surface area contributed by atoms with Crippen molar-refractivity contribution in [3.8, 4) is 34.0 Å². The number of halogens is 1. The molecule has 4 aromatic heterocycles. The highest BCUT2D eigenvalue weighted by Crippen LogP contribution is 2.32. The van der Waals surface area contributed by atoms with Gasteiger partial charge in [0.05, 0.1) is 23.3 Å². The molecule has 0 saturated carbocycles. The van der Waals surface area contributed by atoms with Crippen LogP contribution in [0.4, 0.5) is 10.1 Å². The number of pyridine rings is 1. The molecule has 9 heteroatoms. The lowest BCUT2D eigenvalue weighted by molar-refractivity contribution is 0.102. The van der Waals surface area contributed by atoms with E-state index in [0.29, 0.717) is 39.7 Å². The second-order valence-corrected chi connectivity index (χ2v) is 8.79. The third kappa shape index (κ3) is 4.20. The van der Waals surface area contributed by atoms with Crippen LogP contribution in [0.15, 0.2) is 91.3 Å². The van der Waals surface area contributed by atoms with Gasteiger partial charge in [0.1, 0.15) is 28.7 Å². The fraction of sp³-hybridized carbons (Fsp3) is 0.0690. The van der Waals surface area contributed by atoms with Crippen molar-refractivity contribution in [2.24, 2.45) is 7.05 Å². The number of rotatable bonds is 5. The Kier molecular flexibility index (Phi) is 5.72. The summed E-state index contributed by atoms with van der Waals surface area (Å²) < 4.78 is 17.2. The Hall–Kier alpha value is -5.18. The van der Waals surface area contributed by atoms with Gasteiger partial charge in [-0.2, -0.15) is 5.10 Å². The van der Waals surface area contributed by atoms with Crippen molar-refractivity contribution in [3.05, 3.63) is 108 Å². The van der Waals surface area contributed by atoms with Gasteiger partial charge in [-0.05, 0) is 67.6 Å². The number of aryl methyl sites for hydroxylation is 1. The number of aromatic nitrogens is 6. The minimum Gasteiger partial charge on any atom is -0.330 e. The first-order chi connectivity index (χ1) is 18.5. The summed E-state index contributed by atoms with van der Waals surface area (Å²) in [5, 5.41) is 7.75. The molecule has 0 radical (unpaired) electrons. The average molecular weight is 504 g/mol. The van der Waals surface area contributed by atoms with Gasteiger partial charge in [0.2, 0.25) is 0 Å². The van der Waals surface area contributed by atoms with Crippen LogP contribution in [0.1, 0.15) is 16.2 Å². The summed E-state index contributed by atoms with van der Waals surface area (Å²) in [7, 11) is 1.92. The maximum atomic E-state index is 13.5. The monoisotopic (exact) mass is 503 g/mol. The Labute approximate surface area is 217 Å². The van der Waals surface area contributed by atoms with Gasteiger partial charge in [-0.15, -0.1) is 0 Å². The summed E-state index contributed by atoms with van der Waals surface area (Å²) in [5.41, 5.74) is 5.82. The number of fused-ring (bicyclic) bond motifs is 1. The van der Waals surface area contributed by atoms with Crippen molar-refractivity contribution in [2.75, 3.05) is 5.32 Å². The first-order valence-electron chi connectivity index (χ1n) is 12.0. The highest BCUT2D eigenvalue weighted by Gasteiger charge is 2.19. The lowest BCUT2D eigenvalue weighted by Crippen LogP contribution is -2.12. The van der Waals surface area contributed by atoms with E-state index in [9.17, 15) is 9.18 Å². The van der Waals surface area contributed by atoms with Crippen molar-refractivity contribution in [1.29, 1.82) is 0 Å². The number of nitrogens with one attached hydrogen (secondary N) is 1. The molecule has 0 aliphatic rings. The Morgan fingerprint density at radius 2 is 1.66 bits per heavy atom. The molecule has 0 aliphatic heterocycles. The van der Waals surface area contributed by atoms with E-state index in [2.05, 4.69) is 10.3 Å². The van der Waals surface area contributed by atoms with Crippen LogP contribution in [0.2, 0.25) is 0 Å². The Bertz CT molecular complexity index is 1790. The molecule has 2 aromatic carbocycles. The molecule has 0 aliphatic carbocycles. The molecule has 186 valence electrons. The lowest BCUT2D eigenvalue weighted by atomic mass is 10.1. The molecule has 8 nitrogen and oxygen atoms in total. The van der Waals surface area contributed by atoms with E-state index in [1.807, 2.05) is 48.9 Å². The van der Waals surface area contributed by atoms with Gasteiger partial charge in [0, 0.05) is 24.4 Å². The zero-order valence-electron chi connectivity index (χ0n) is 20.6. The highest BCUT2D eigenvalue weighted by molar-refractivity contribution is 6.05. The quantitative estimate of drug-likeness (QED) is 0.333. The first kappa shape index (κ1) is 23.2. The van der Waals surface area contributed by atoms with Crippen molar-refractivity contribution >= 4 is 17.2 Å². The lowest BCUT2D eigenvalue weighted by Gasteiger charge is -2.08. The number of carbonyl (C=O) groups excluding carboxylic acids is 1. The Morgan fingerprint density at radius 1 is 0.868 bits per heavy atom. The van der Waals surface area contributed by atoms with Gasteiger partial charge in [-0.25, -0.2) is 18.9 Å². The number of amides is 1. The summed E-state index contributed by atoms with van der Waals surface area (Å²) in [6, 6.07) is 22.6. The summed E-state index contributed by atoms with van der Waals surface area (Å²) >= 11 is 0. The Balaban J connectivity index is 1.39. The van der Waals surface area contributed by atoms with Gasteiger partial charge in [-0.1, -0.05) is 18.2 Å². The number of hydrogen-bond acceptors (Lipinski definition) is 5. The molecule has 38 heavy (non-hydrogen) atoms. The molecule has 0 saturated heterocycles. The van der Waals surface area contributed by atoms with Crippen molar-refractivity contribution in [2.45, 2.75) is 6.92 Å². The maximum Gasteiger partial charge on any atom is 0.255 e. The molecule has 4 heterocycles. The standard InChI is InChI=1S/C29H22FN7O/c1-18-32-26(19-10-12-21(30)13-11-19)28(36(18)2)23-14-15-25-33-24(17-37(25)35-23)27-22(9-6-16-31-27)34-29(38)20-7-4-3-5-8-20/h3-17H,1-2H3,(H,34,38). The summed E-state index contributed by atoms with van der Waals surface area (Å²) in [5.74, 6) is 0.269.